The third-order valence-corrected chi connectivity index (χ3v) is 6.02. The van der Waals surface area contributed by atoms with Gasteiger partial charge in [-0.1, -0.05) is 55.1 Å². The number of methoxy groups -OCH3 is 1. The number of anilines is 1. The lowest BCUT2D eigenvalue weighted by molar-refractivity contribution is -0.119. The molecule has 162 valence electrons. The summed E-state index contributed by atoms with van der Waals surface area (Å²) in [6.07, 6.45) is 0.910. The van der Waals surface area contributed by atoms with E-state index in [2.05, 4.69) is 0 Å². The Kier molecular flexibility index (Phi) is 6.61. The highest BCUT2D eigenvalue weighted by Crippen LogP contribution is 2.42. The predicted octanol–water partition coefficient (Wildman–Crippen LogP) is 5.56. The summed E-state index contributed by atoms with van der Waals surface area (Å²) < 4.78 is 10.9. The molecule has 4 rings (SSSR count). The number of thioether (sulfide) groups is 1. The normalized spacial score (nSPS) is 13.6. The summed E-state index contributed by atoms with van der Waals surface area (Å²) in [6.45, 7) is 2.67. The summed E-state index contributed by atoms with van der Waals surface area (Å²) in [7, 11) is 1.55. The molecule has 5 nitrogen and oxygen atoms in total. The summed E-state index contributed by atoms with van der Waals surface area (Å²) in [5, 5.41) is 0. The van der Waals surface area contributed by atoms with Crippen molar-refractivity contribution in [2.75, 3.05) is 18.6 Å². The van der Waals surface area contributed by atoms with Crippen molar-refractivity contribution in [1.29, 1.82) is 0 Å². The minimum Gasteiger partial charge on any atom is -0.497 e. The summed E-state index contributed by atoms with van der Waals surface area (Å²) in [5.41, 5.74) is 1.54. The number of imide groups is 1. The first-order valence-corrected chi connectivity index (χ1v) is 11.2. The van der Waals surface area contributed by atoms with Gasteiger partial charge in [0.05, 0.1) is 29.9 Å². The van der Waals surface area contributed by atoms with E-state index in [1.807, 2.05) is 61.5 Å². The second kappa shape index (κ2) is 9.75. The van der Waals surface area contributed by atoms with Gasteiger partial charge in [-0.25, -0.2) is 4.90 Å². The van der Waals surface area contributed by atoms with E-state index in [0.29, 0.717) is 34.1 Å². The van der Waals surface area contributed by atoms with E-state index < -0.39 is 0 Å². The van der Waals surface area contributed by atoms with Crippen LogP contribution in [0, 0.1) is 0 Å². The van der Waals surface area contributed by atoms with E-state index in [1.165, 1.54) is 16.7 Å². The molecule has 0 radical (unpaired) electrons. The lowest BCUT2D eigenvalue weighted by atomic mass is 10.1. The van der Waals surface area contributed by atoms with Crippen LogP contribution in [0.1, 0.15) is 18.9 Å². The highest BCUT2D eigenvalue weighted by molar-refractivity contribution is 8.04. The fourth-order valence-electron chi connectivity index (χ4n) is 3.39. The molecule has 32 heavy (non-hydrogen) atoms. The van der Waals surface area contributed by atoms with Crippen LogP contribution in [0.4, 0.5) is 5.69 Å². The molecule has 0 saturated heterocycles. The molecule has 1 aliphatic rings. The Labute approximate surface area is 191 Å². The van der Waals surface area contributed by atoms with Gasteiger partial charge >= 0.3 is 0 Å². The molecule has 0 N–H and O–H groups in total. The van der Waals surface area contributed by atoms with Crippen molar-refractivity contribution in [3.8, 4) is 11.5 Å². The Balaban J connectivity index is 1.75. The van der Waals surface area contributed by atoms with Gasteiger partial charge in [0.2, 0.25) is 0 Å². The van der Waals surface area contributed by atoms with Crippen molar-refractivity contribution < 1.29 is 19.1 Å². The number of nitrogens with zero attached hydrogens (tertiary/aromatic N) is 1. The van der Waals surface area contributed by atoms with Crippen molar-refractivity contribution in [2.24, 2.45) is 0 Å². The summed E-state index contributed by atoms with van der Waals surface area (Å²) in [5.74, 6) is 0.600. The monoisotopic (exact) mass is 445 g/mol. The van der Waals surface area contributed by atoms with Crippen molar-refractivity contribution in [3.63, 3.8) is 0 Å². The van der Waals surface area contributed by atoms with Gasteiger partial charge in [0.15, 0.2) is 0 Å². The van der Waals surface area contributed by atoms with Gasteiger partial charge < -0.3 is 9.47 Å². The molecule has 0 saturated carbocycles. The standard InChI is InChI=1S/C26H23NO4S/c1-3-16-31-20-14-12-18(13-15-20)23-24(32-22-10-5-4-6-11-22)26(29)27(25(23)28)19-8-7-9-21(17-19)30-2/h4-15,17H,3,16H2,1-2H3. The summed E-state index contributed by atoms with van der Waals surface area (Å²) in [4.78, 5) is 29.5. The predicted molar refractivity (Wildman–Crippen MR) is 127 cm³/mol. The first kappa shape index (κ1) is 21.7. The average molecular weight is 446 g/mol. The molecule has 3 aromatic rings. The van der Waals surface area contributed by atoms with Crippen LogP contribution < -0.4 is 14.4 Å². The van der Waals surface area contributed by atoms with Gasteiger partial charge in [0.25, 0.3) is 11.8 Å². The molecule has 0 atom stereocenters. The number of hydrogen-bond donors (Lipinski definition) is 0. The minimum absolute atomic E-state index is 0.349. The van der Waals surface area contributed by atoms with E-state index >= 15 is 0 Å². The fourth-order valence-corrected chi connectivity index (χ4v) is 4.40. The number of hydrogen-bond acceptors (Lipinski definition) is 5. The maximum absolute atomic E-state index is 13.5. The van der Waals surface area contributed by atoms with Gasteiger partial charge in [0, 0.05) is 11.0 Å². The molecule has 0 bridgehead atoms. The van der Waals surface area contributed by atoms with E-state index in [-0.39, 0.29) is 11.8 Å². The average Bonchev–Trinajstić information content (AvgIpc) is 3.08. The Hall–Kier alpha value is -3.51. The highest BCUT2D eigenvalue weighted by Gasteiger charge is 2.40. The molecular weight excluding hydrogens is 422 g/mol. The molecule has 2 amide bonds. The first-order chi connectivity index (χ1) is 15.6. The van der Waals surface area contributed by atoms with Gasteiger partial charge in [-0.3, -0.25) is 9.59 Å². The largest absolute Gasteiger partial charge is 0.497 e. The quantitative estimate of drug-likeness (QED) is 0.425. The van der Waals surface area contributed by atoms with E-state index in [9.17, 15) is 9.59 Å². The van der Waals surface area contributed by atoms with Gasteiger partial charge in [-0.2, -0.15) is 0 Å². The van der Waals surface area contributed by atoms with Gasteiger partial charge in [-0.15, -0.1) is 0 Å². The second-order valence-electron chi connectivity index (χ2n) is 7.14. The van der Waals surface area contributed by atoms with Crippen LogP contribution in [-0.4, -0.2) is 25.5 Å². The molecule has 6 heteroatoms. The molecule has 1 aliphatic heterocycles. The van der Waals surface area contributed by atoms with Crippen molar-refractivity contribution in [3.05, 3.63) is 89.3 Å². The van der Waals surface area contributed by atoms with E-state index in [4.69, 9.17) is 9.47 Å². The maximum Gasteiger partial charge on any atom is 0.272 e. The van der Waals surface area contributed by atoms with Crippen molar-refractivity contribution in [2.45, 2.75) is 18.2 Å². The number of benzene rings is 3. The molecule has 0 fully saturated rings. The highest BCUT2D eigenvalue weighted by atomic mass is 32.2. The molecule has 0 spiro atoms. The van der Waals surface area contributed by atoms with Crippen LogP contribution in [-0.2, 0) is 9.59 Å². The Morgan fingerprint density at radius 1 is 0.844 bits per heavy atom. The molecule has 0 unspecified atom stereocenters. The smallest absolute Gasteiger partial charge is 0.272 e. The number of rotatable bonds is 8. The molecule has 0 aliphatic carbocycles. The first-order valence-electron chi connectivity index (χ1n) is 10.4. The topological polar surface area (TPSA) is 55.8 Å². The molecule has 3 aromatic carbocycles. The summed E-state index contributed by atoms with van der Waals surface area (Å²) >= 11 is 1.30. The molecular formula is C26H23NO4S. The van der Waals surface area contributed by atoms with Crippen LogP contribution in [0.2, 0.25) is 0 Å². The SMILES string of the molecule is CCCOc1ccc(C2=C(Sc3ccccc3)C(=O)N(c3cccc(OC)c3)C2=O)cc1. The fraction of sp³-hybridized carbons (Fsp3) is 0.154. The maximum atomic E-state index is 13.5. The van der Waals surface area contributed by atoms with Gasteiger partial charge in [0.1, 0.15) is 11.5 Å². The number of carbonyl (C=O) groups is 2. The Morgan fingerprint density at radius 3 is 2.28 bits per heavy atom. The Morgan fingerprint density at radius 2 is 1.59 bits per heavy atom. The zero-order chi connectivity index (χ0) is 22.5. The van der Waals surface area contributed by atoms with Crippen LogP contribution in [0.5, 0.6) is 11.5 Å². The van der Waals surface area contributed by atoms with E-state index in [1.54, 1.807) is 31.4 Å². The number of ether oxygens (including phenoxy) is 2. The zero-order valence-electron chi connectivity index (χ0n) is 17.9. The van der Waals surface area contributed by atoms with Crippen LogP contribution >= 0.6 is 11.8 Å². The Bertz CT molecular complexity index is 1160. The number of amides is 2. The molecule has 0 aromatic heterocycles. The van der Waals surface area contributed by atoms with Crippen molar-refractivity contribution >= 4 is 34.8 Å². The van der Waals surface area contributed by atoms with E-state index in [0.717, 1.165) is 17.1 Å². The molecule has 1 heterocycles. The summed E-state index contributed by atoms with van der Waals surface area (Å²) in [6, 6.07) is 23.8. The lowest BCUT2D eigenvalue weighted by Gasteiger charge is -2.16. The van der Waals surface area contributed by atoms with Crippen LogP contribution in [0.3, 0.4) is 0 Å². The minimum atomic E-state index is -0.357. The van der Waals surface area contributed by atoms with Gasteiger partial charge in [-0.05, 0) is 48.4 Å². The third-order valence-electron chi connectivity index (χ3n) is 4.93. The third kappa shape index (κ3) is 4.41. The zero-order valence-corrected chi connectivity index (χ0v) is 18.7. The van der Waals surface area contributed by atoms with Crippen LogP contribution in [0.25, 0.3) is 5.57 Å². The second-order valence-corrected chi connectivity index (χ2v) is 8.22. The van der Waals surface area contributed by atoms with Crippen LogP contribution in [0.15, 0.2) is 88.7 Å². The van der Waals surface area contributed by atoms with Crippen molar-refractivity contribution in [1.82, 2.24) is 0 Å². The number of carbonyl (C=O) groups excluding carboxylic acids is 2. The lowest BCUT2D eigenvalue weighted by Crippen LogP contribution is -2.31.